The van der Waals surface area contributed by atoms with Crippen molar-refractivity contribution in [3.05, 3.63) is 52.8 Å². The van der Waals surface area contributed by atoms with Gasteiger partial charge in [-0.2, -0.15) is 5.10 Å². The third kappa shape index (κ3) is 4.54. The molecule has 26 heavy (non-hydrogen) atoms. The zero-order valence-electron chi connectivity index (χ0n) is 17.0. The van der Waals surface area contributed by atoms with Crippen LogP contribution in [0.1, 0.15) is 42.8 Å². The fourth-order valence-corrected chi connectivity index (χ4v) is 4.32. The number of aryl methyl sites for hydroxylation is 2. The van der Waals surface area contributed by atoms with Crippen molar-refractivity contribution in [3.8, 4) is 0 Å². The van der Waals surface area contributed by atoms with E-state index in [0.717, 1.165) is 18.9 Å². The largest absolute Gasteiger partial charge is 0.311 e. The highest BCUT2D eigenvalue weighted by atomic mass is 15.3. The van der Waals surface area contributed by atoms with Gasteiger partial charge in [-0.3, -0.25) is 9.58 Å². The highest BCUT2D eigenvalue weighted by Crippen LogP contribution is 2.22. The van der Waals surface area contributed by atoms with Gasteiger partial charge < -0.3 is 5.32 Å². The summed E-state index contributed by atoms with van der Waals surface area (Å²) < 4.78 is 2.00. The van der Waals surface area contributed by atoms with E-state index in [1.807, 2.05) is 11.7 Å². The molecule has 2 aromatic rings. The Balaban J connectivity index is 1.49. The van der Waals surface area contributed by atoms with Gasteiger partial charge in [0.1, 0.15) is 0 Å². The summed E-state index contributed by atoms with van der Waals surface area (Å²) in [7, 11) is 2.03. The predicted molar refractivity (Wildman–Crippen MR) is 108 cm³/mol. The van der Waals surface area contributed by atoms with E-state index in [-0.39, 0.29) is 0 Å². The van der Waals surface area contributed by atoms with Gasteiger partial charge in [-0.25, -0.2) is 0 Å². The predicted octanol–water partition coefficient (Wildman–Crippen LogP) is 3.47. The van der Waals surface area contributed by atoms with Crippen molar-refractivity contribution in [2.75, 3.05) is 13.1 Å². The molecule has 1 saturated heterocycles. The molecule has 0 aliphatic carbocycles. The van der Waals surface area contributed by atoms with E-state index < -0.39 is 0 Å². The molecule has 0 bridgehead atoms. The van der Waals surface area contributed by atoms with E-state index in [1.165, 1.54) is 42.0 Å². The number of nitrogens with one attached hydrogen (secondary N) is 1. The van der Waals surface area contributed by atoms with Crippen molar-refractivity contribution >= 4 is 0 Å². The molecule has 1 aliphatic heterocycles. The second-order valence-corrected chi connectivity index (χ2v) is 8.10. The molecule has 142 valence electrons. The second kappa shape index (κ2) is 8.36. The van der Waals surface area contributed by atoms with E-state index in [4.69, 9.17) is 0 Å². The minimum atomic E-state index is 0.467. The quantitative estimate of drug-likeness (QED) is 0.826. The Morgan fingerprint density at radius 1 is 1.19 bits per heavy atom. The van der Waals surface area contributed by atoms with Gasteiger partial charge in [-0.15, -0.1) is 0 Å². The molecular formula is C22H34N4. The highest BCUT2D eigenvalue weighted by Gasteiger charge is 2.27. The van der Waals surface area contributed by atoms with Crippen LogP contribution < -0.4 is 5.32 Å². The van der Waals surface area contributed by atoms with Gasteiger partial charge in [0.15, 0.2) is 0 Å². The molecule has 1 N–H and O–H groups in total. The van der Waals surface area contributed by atoms with E-state index in [0.29, 0.717) is 12.1 Å². The number of likely N-dealkylation sites (tertiary alicyclic amines) is 1. The summed E-state index contributed by atoms with van der Waals surface area (Å²) in [5.41, 5.74) is 5.28. The van der Waals surface area contributed by atoms with Crippen LogP contribution in [-0.2, 0) is 20.0 Å². The monoisotopic (exact) mass is 354 g/mol. The third-order valence-electron chi connectivity index (χ3n) is 5.98. The molecular weight excluding hydrogens is 320 g/mol. The maximum atomic E-state index is 4.55. The summed E-state index contributed by atoms with van der Waals surface area (Å²) in [6, 6.07) is 11.8. The Hall–Kier alpha value is -1.65. The standard InChI is InChI=1S/C22H34N4/c1-16(13-22-18(3)24-25(5)19(22)4)23-17(2)21-11-12-26(15-21)14-20-9-7-6-8-10-20/h6-10,16-17,21,23H,11-15H2,1-5H3/t16-,17+,21-/m0/s1. The maximum absolute atomic E-state index is 4.55. The first-order chi connectivity index (χ1) is 12.4. The molecule has 4 heteroatoms. The summed E-state index contributed by atoms with van der Waals surface area (Å²) in [6.07, 6.45) is 2.34. The van der Waals surface area contributed by atoms with Gasteiger partial charge in [0.2, 0.25) is 0 Å². The van der Waals surface area contributed by atoms with E-state index in [9.17, 15) is 0 Å². The molecule has 3 rings (SSSR count). The Kier molecular flexibility index (Phi) is 6.15. The molecule has 1 fully saturated rings. The summed E-state index contributed by atoms with van der Waals surface area (Å²) >= 11 is 0. The molecule has 1 aromatic carbocycles. The molecule has 0 spiro atoms. The maximum Gasteiger partial charge on any atom is 0.0628 e. The third-order valence-corrected chi connectivity index (χ3v) is 5.98. The molecule has 0 saturated carbocycles. The van der Waals surface area contributed by atoms with Crippen LogP contribution in [0.15, 0.2) is 30.3 Å². The Bertz CT molecular complexity index is 706. The fraction of sp³-hybridized carbons (Fsp3) is 0.591. The van der Waals surface area contributed by atoms with Gasteiger partial charge in [0.05, 0.1) is 5.69 Å². The topological polar surface area (TPSA) is 33.1 Å². The van der Waals surface area contributed by atoms with Crippen molar-refractivity contribution in [3.63, 3.8) is 0 Å². The van der Waals surface area contributed by atoms with Crippen LogP contribution in [0, 0.1) is 19.8 Å². The van der Waals surface area contributed by atoms with Crippen LogP contribution in [-0.4, -0.2) is 39.9 Å². The number of benzene rings is 1. The van der Waals surface area contributed by atoms with Gasteiger partial charge in [-0.1, -0.05) is 30.3 Å². The summed E-state index contributed by atoms with van der Waals surface area (Å²) in [4.78, 5) is 2.60. The molecule has 1 aliphatic rings. The molecule has 1 aromatic heterocycles. The molecule has 0 unspecified atom stereocenters. The Morgan fingerprint density at radius 3 is 2.58 bits per heavy atom. The van der Waals surface area contributed by atoms with Gasteiger partial charge in [0.25, 0.3) is 0 Å². The first-order valence-electron chi connectivity index (χ1n) is 9.95. The van der Waals surface area contributed by atoms with E-state index >= 15 is 0 Å². The second-order valence-electron chi connectivity index (χ2n) is 8.10. The lowest BCUT2D eigenvalue weighted by Gasteiger charge is -2.25. The smallest absolute Gasteiger partial charge is 0.0628 e. The first-order valence-corrected chi connectivity index (χ1v) is 9.95. The lowest BCUT2D eigenvalue weighted by Crippen LogP contribution is -2.41. The molecule has 0 amide bonds. The zero-order chi connectivity index (χ0) is 18.7. The van der Waals surface area contributed by atoms with Gasteiger partial charge >= 0.3 is 0 Å². The van der Waals surface area contributed by atoms with Crippen LogP contribution in [0.2, 0.25) is 0 Å². The van der Waals surface area contributed by atoms with E-state index in [2.05, 4.69) is 73.3 Å². The van der Waals surface area contributed by atoms with Crippen LogP contribution in [0.4, 0.5) is 0 Å². The van der Waals surface area contributed by atoms with Crippen molar-refractivity contribution in [1.29, 1.82) is 0 Å². The minimum absolute atomic E-state index is 0.467. The number of aromatic nitrogens is 2. The van der Waals surface area contributed by atoms with Crippen LogP contribution in [0.25, 0.3) is 0 Å². The van der Waals surface area contributed by atoms with Crippen molar-refractivity contribution in [2.45, 2.75) is 59.2 Å². The summed E-state index contributed by atoms with van der Waals surface area (Å²) in [5, 5.41) is 8.41. The molecule has 0 radical (unpaired) electrons. The molecule has 3 atom stereocenters. The lowest BCUT2D eigenvalue weighted by atomic mass is 9.98. The van der Waals surface area contributed by atoms with Crippen LogP contribution in [0.3, 0.4) is 0 Å². The SMILES string of the molecule is Cc1nn(C)c(C)c1C[C@H](C)N[C@H](C)[C@H]1CCN(Cc2ccccc2)C1. The van der Waals surface area contributed by atoms with Crippen molar-refractivity contribution in [2.24, 2.45) is 13.0 Å². The Morgan fingerprint density at radius 2 is 1.92 bits per heavy atom. The van der Waals surface area contributed by atoms with Crippen LogP contribution in [0.5, 0.6) is 0 Å². The van der Waals surface area contributed by atoms with Gasteiger partial charge in [-0.05, 0) is 64.1 Å². The van der Waals surface area contributed by atoms with E-state index in [1.54, 1.807) is 0 Å². The zero-order valence-corrected chi connectivity index (χ0v) is 17.0. The number of hydrogen-bond donors (Lipinski definition) is 1. The molecule has 2 heterocycles. The lowest BCUT2D eigenvalue weighted by molar-refractivity contribution is 0.289. The number of nitrogens with zero attached hydrogens (tertiary/aromatic N) is 3. The fourth-order valence-electron chi connectivity index (χ4n) is 4.32. The summed E-state index contributed by atoms with van der Waals surface area (Å²) in [5.74, 6) is 0.734. The highest BCUT2D eigenvalue weighted by molar-refractivity contribution is 5.25. The van der Waals surface area contributed by atoms with Crippen molar-refractivity contribution < 1.29 is 0 Å². The average Bonchev–Trinajstić information content (AvgIpc) is 3.16. The van der Waals surface area contributed by atoms with Crippen molar-refractivity contribution in [1.82, 2.24) is 20.0 Å². The molecule has 4 nitrogen and oxygen atoms in total. The van der Waals surface area contributed by atoms with Gasteiger partial charge in [0, 0.05) is 37.9 Å². The number of rotatable bonds is 7. The van der Waals surface area contributed by atoms with Crippen LogP contribution >= 0.6 is 0 Å². The summed E-state index contributed by atoms with van der Waals surface area (Å²) in [6.45, 7) is 12.4. The minimum Gasteiger partial charge on any atom is -0.311 e. The average molecular weight is 355 g/mol. The normalized spacial score (nSPS) is 20.4. The Labute approximate surface area is 158 Å². The first kappa shape index (κ1) is 19.1. The number of hydrogen-bond acceptors (Lipinski definition) is 3.